The molecule has 0 aromatic rings. The van der Waals surface area contributed by atoms with E-state index in [4.69, 9.17) is 18.9 Å². The topological polar surface area (TPSA) is 91.4 Å². The van der Waals surface area contributed by atoms with Crippen LogP contribution >= 0.6 is 11.8 Å². The number of hydrogen-bond donors (Lipinski definition) is 0. The molecule has 1 heterocycles. The zero-order valence-corrected chi connectivity index (χ0v) is 18.5. The van der Waals surface area contributed by atoms with Gasteiger partial charge in [-0.3, -0.25) is 9.59 Å². The van der Waals surface area contributed by atoms with Crippen LogP contribution in [0, 0.1) is 0 Å². The van der Waals surface area contributed by atoms with Gasteiger partial charge in [-0.15, -0.1) is 11.8 Å². The number of ether oxygens (including phenoxy) is 4. The highest BCUT2D eigenvalue weighted by molar-refractivity contribution is 7.99. The third kappa shape index (κ3) is 10.8. The minimum atomic E-state index is -0.515. The molecule has 0 N–H and O–H groups in total. The lowest BCUT2D eigenvalue weighted by atomic mass is 10.1. The Kier molecular flexibility index (Phi) is 10.1. The van der Waals surface area contributed by atoms with E-state index in [1.165, 1.54) is 13.8 Å². The molecule has 1 rings (SSSR count). The molecular formula is C19H33NO7S. The Balaban J connectivity index is 2.42. The van der Waals surface area contributed by atoms with E-state index in [1.54, 1.807) is 23.7 Å². The van der Waals surface area contributed by atoms with Crippen LogP contribution in [-0.4, -0.2) is 72.1 Å². The van der Waals surface area contributed by atoms with Crippen LogP contribution in [0.15, 0.2) is 0 Å². The van der Waals surface area contributed by atoms with Crippen molar-refractivity contribution in [1.29, 1.82) is 0 Å². The molecule has 0 aromatic carbocycles. The molecule has 0 spiro atoms. The molecule has 3 unspecified atom stereocenters. The predicted octanol–water partition coefficient (Wildman–Crippen LogP) is 2.98. The van der Waals surface area contributed by atoms with Gasteiger partial charge in [0, 0.05) is 40.3 Å². The van der Waals surface area contributed by atoms with E-state index in [1.807, 2.05) is 20.8 Å². The van der Waals surface area contributed by atoms with Gasteiger partial charge in [0.2, 0.25) is 0 Å². The van der Waals surface area contributed by atoms with E-state index in [-0.39, 0.29) is 42.3 Å². The normalized spacial score (nSPS) is 22.3. The fourth-order valence-electron chi connectivity index (χ4n) is 2.63. The quantitative estimate of drug-likeness (QED) is 0.337. The molecule has 9 heteroatoms. The molecule has 1 aliphatic heterocycles. The SMILES string of the molecule is CC(=O)OCC1CC(OC(C)=O)CC(SCCCN(C)C(=O)OC(C)(C)C)O1. The lowest BCUT2D eigenvalue weighted by molar-refractivity contribution is -0.162. The highest BCUT2D eigenvalue weighted by atomic mass is 32.2. The molecule has 1 fully saturated rings. The third-order valence-corrected chi connectivity index (χ3v) is 4.98. The summed E-state index contributed by atoms with van der Waals surface area (Å²) in [7, 11) is 1.71. The van der Waals surface area contributed by atoms with Crippen LogP contribution < -0.4 is 0 Å². The number of nitrogens with zero attached hydrogens (tertiary/aromatic N) is 1. The van der Waals surface area contributed by atoms with Crippen LogP contribution in [0.2, 0.25) is 0 Å². The van der Waals surface area contributed by atoms with Crippen molar-refractivity contribution in [3.05, 3.63) is 0 Å². The van der Waals surface area contributed by atoms with E-state index >= 15 is 0 Å². The van der Waals surface area contributed by atoms with Crippen LogP contribution in [0.3, 0.4) is 0 Å². The molecule has 1 aliphatic rings. The van der Waals surface area contributed by atoms with Crippen molar-refractivity contribution < 1.29 is 33.3 Å². The van der Waals surface area contributed by atoms with Crippen molar-refractivity contribution in [2.24, 2.45) is 0 Å². The molecular weight excluding hydrogens is 386 g/mol. The van der Waals surface area contributed by atoms with Crippen LogP contribution in [0.4, 0.5) is 4.79 Å². The van der Waals surface area contributed by atoms with Gasteiger partial charge in [0.25, 0.3) is 0 Å². The molecule has 3 atom stereocenters. The second kappa shape index (κ2) is 11.5. The molecule has 0 radical (unpaired) electrons. The smallest absolute Gasteiger partial charge is 0.410 e. The maximum atomic E-state index is 12.0. The Bertz CT molecular complexity index is 535. The van der Waals surface area contributed by atoms with Crippen molar-refractivity contribution in [1.82, 2.24) is 4.90 Å². The van der Waals surface area contributed by atoms with Crippen LogP contribution in [0.25, 0.3) is 0 Å². The van der Waals surface area contributed by atoms with E-state index in [0.29, 0.717) is 19.4 Å². The van der Waals surface area contributed by atoms with E-state index in [9.17, 15) is 14.4 Å². The maximum absolute atomic E-state index is 12.0. The lowest BCUT2D eigenvalue weighted by Gasteiger charge is -2.34. The van der Waals surface area contributed by atoms with Crippen LogP contribution in [0.5, 0.6) is 0 Å². The van der Waals surface area contributed by atoms with Crippen molar-refractivity contribution in [2.75, 3.05) is 26.0 Å². The van der Waals surface area contributed by atoms with Gasteiger partial charge in [-0.05, 0) is 32.9 Å². The Labute approximate surface area is 171 Å². The van der Waals surface area contributed by atoms with Crippen molar-refractivity contribution in [3.63, 3.8) is 0 Å². The summed E-state index contributed by atoms with van der Waals surface area (Å²) >= 11 is 1.60. The number of amides is 1. The van der Waals surface area contributed by atoms with Gasteiger partial charge in [-0.1, -0.05) is 0 Å². The number of hydrogen-bond acceptors (Lipinski definition) is 8. The van der Waals surface area contributed by atoms with Gasteiger partial charge in [-0.25, -0.2) is 4.79 Å². The Morgan fingerprint density at radius 3 is 2.39 bits per heavy atom. The fraction of sp³-hybridized carbons (Fsp3) is 0.842. The van der Waals surface area contributed by atoms with Crippen LogP contribution in [-0.2, 0) is 28.5 Å². The zero-order valence-electron chi connectivity index (χ0n) is 17.7. The first kappa shape index (κ1) is 24.6. The first-order valence-corrected chi connectivity index (χ1v) is 10.5. The summed E-state index contributed by atoms with van der Waals surface area (Å²) in [6.45, 7) is 8.94. The second-order valence-corrected chi connectivity index (χ2v) is 9.09. The van der Waals surface area contributed by atoms with Gasteiger partial charge >= 0.3 is 18.0 Å². The molecule has 1 saturated heterocycles. The summed E-state index contributed by atoms with van der Waals surface area (Å²) in [5.41, 5.74) is -0.677. The molecule has 0 aliphatic carbocycles. The third-order valence-electron chi connectivity index (χ3n) is 3.78. The highest BCUT2D eigenvalue weighted by Gasteiger charge is 2.32. The number of thioether (sulfide) groups is 1. The van der Waals surface area contributed by atoms with Gasteiger partial charge in [0.15, 0.2) is 0 Å². The number of rotatable bonds is 8. The van der Waals surface area contributed by atoms with Crippen molar-refractivity contribution in [3.8, 4) is 0 Å². The van der Waals surface area contributed by atoms with Crippen molar-refractivity contribution >= 4 is 29.8 Å². The van der Waals surface area contributed by atoms with Gasteiger partial charge < -0.3 is 23.8 Å². The Hall–Kier alpha value is -1.48. The molecule has 0 aromatic heterocycles. The minimum Gasteiger partial charge on any atom is -0.463 e. The Morgan fingerprint density at radius 1 is 1.14 bits per heavy atom. The van der Waals surface area contributed by atoms with E-state index < -0.39 is 5.60 Å². The monoisotopic (exact) mass is 419 g/mol. The molecule has 0 saturated carbocycles. The lowest BCUT2D eigenvalue weighted by Crippen LogP contribution is -2.39. The maximum Gasteiger partial charge on any atom is 0.410 e. The first-order valence-electron chi connectivity index (χ1n) is 9.48. The number of carbonyl (C=O) groups excluding carboxylic acids is 3. The summed E-state index contributed by atoms with van der Waals surface area (Å²) in [4.78, 5) is 35.8. The largest absolute Gasteiger partial charge is 0.463 e. The van der Waals surface area contributed by atoms with Gasteiger partial charge in [0.05, 0.1) is 6.10 Å². The summed E-state index contributed by atoms with van der Waals surface area (Å²) in [6.07, 6.45) is 0.960. The van der Waals surface area contributed by atoms with Crippen LogP contribution in [0.1, 0.15) is 53.9 Å². The average molecular weight is 420 g/mol. The number of carbonyl (C=O) groups is 3. The second-order valence-electron chi connectivity index (χ2n) is 7.82. The van der Waals surface area contributed by atoms with E-state index in [2.05, 4.69) is 0 Å². The molecule has 8 nitrogen and oxygen atoms in total. The van der Waals surface area contributed by atoms with E-state index in [0.717, 1.165) is 12.2 Å². The summed E-state index contributed by atoms with van der Waals surface area (Å²) in [5.74, 6) is 0.0682. The molecule has 162 valence electrons. The number of esters is 2. The summed E-state index contributed by atoms with van der Waals surface area (Å²) in [6, 6.07) is 0. The predicted molar refractivity (Wildman–Crippen MR) is 106 cm³/mol. The zero-order chi connectivity index (χ0) is 21.3. The standard InChI is InChI=1S/C19H33NO7S/c1-13(21)24-12-16-10-15(25-14(2)22)11-17(26-16)28-9-7-8-20(6)18(23)27-19(3,4)5/h15-17H,7-12H2,1-6H3. The average Bonchev–Trinajstić information content (AvgIpc) is 2.54. The molecule has 0 bridgehead atoms. The van der Waals surface area contributed by atoms with Gasteiger partial charge in [-0.2, -0.15) is 0 Å². The Morgan fingerprint density at radius 2 is 1.82 bits per heavy atom. The molecule has 1 amide bonds. The van der Waals surface area contributed by atoms with Gasteiger partial charge in [0.1, 0.15) is 23.7 Å². The van der Waals surface area contributed by atoms with Crippen molar-refractivity contribution in [2.45, 2.75) is 77.1 Å². The summed E-state index contributed by atoms with van der Waals surface area (Å²) in [5, 5.41) is 0. The minimum absolute atomic E-state index is 0.144. The first-order chi connectivity index (χ1) is 13.0. The fourth-order valence-corrected chi connectivity index (χ4v) is 3.78. The molecule has 28 heavy (non-hydrogen) atoms. The summed E-state index contributed by atoms with van der Waals surface area (Å²) < 4.78 is 21.7. The highest BCUT2D eigenvalue weighted by Crippen LogP contribution is 2.30.